The number of carbonyl (C=O) groups is 1. The second kappa shape index (κ2) is 7.74. The molecule has 2 atom stereocenters. The number of hydrogen-bond donors (Lipinski definition) is 2. The highest BCUT2D eigenvalue weighted by atomic mass is 16.5. The van der Waals surface area contributed by atoms with E-state index in [0.717, 1.165) is 30.7 Å². The van der Waals surface area contributed by atoms with Gasteiger partial charge in [-0.05, 0) is 63.9 Å². The molecule has 0 spiro atoms. The molecule has 1 aromatic heterocycles. The van der Waals surface area contributed by atoms with Crippen LogP contribution in [0.4, 0.5) is 0 Å². The highest BCUT2D eigenvalue weighted by molar-refractivity contribution is 5.91. The maximum absolute atomic E-state index is 12.4. The monoisotopic (exact) mass is 342 g/mol. The predicted octanol–water partition coefficient (Wildman–Crippen LogP) is 3.35. The standard InChI is InChI=1S/C20H26N2O3/c1-13-6-8-18(14(2)11-13)24-12-16-7-9-19(25-16)20(23)22-17-5-4-10-21-15(17)3/h6-9,11,15,17,21H,4-5,10,12H2,1-3H3,(H,22,23). The van der Waals surface area contributed by atoms with E-state index in [-0.39, 0.29) is 18.0 Å². The zero-order chi connectivity index (χ0) is 17.8. The zero-order valence-corrected chi connectivity index (χ0v) is 15.1. The number of ether oxygens (including phenoxy) is 1. The molecule has 1 aliphatic rings. The summed E-state index contributed by atoms with van der Waals surface area (Å²) in [5.41, 5.74) is 2.29. The van der Waals surface area contributed by atoms with E-state index in [1.165, 1.54) is 5.56 Å². The van der Waals surface area contributed by atoms with Crippen molar-refractivity contribution in [2.45, 2.75) is 52.3 Å². The van der Waals surface area contributed by atoms with Gasteiger partial charge in [-0.3, -0.25) is 4.79 Å². The number of aryl methyl sites for hydroxylation is 2. The summed E-state index contributed by atoms with van der Waals surface area (Å²) >= 11 is 0. The second-order valence-electron chi connectivity index (χ2n) is 6.79. The lowest BCUT2D eigenvalue weighted by Gasteiger charge is -2.30. The molecule has 2 aromatic rings. The van der Waals surface area contributed by atoms with Gasteiger partial charge in [-0.2, -0.15) is 0 Å². The molecule has 1 fully saturated rings. The summed E-state index contributed by atoms with van der Waals surface area (Å²) in [4.78, 5) is 12.4. The summed E-state index contributed by atoms with van der Waals surface area (Å²) in [7, 11) is 0. The zero-order valence-electron chi connectivity index (χ0n) is 15.1. The largest absolute Gasteiger partial charge is 0.485 e. The second-order valence-corrected chi connectivity index (χ2v) is 6.79. The highest BCUT2D eigenvalue weighted by Gasteiger charge is 2.24. The lowest BCUT2D eigenvalue weighted by Crippen LogP contribution is -2.51. The summed E-state index contributed by atoms with van der Waals surface area (Å²) in [5, 5.41) is 6.43. The third-order valence-corrected chi connectivity index (χ3v) is 4.66. The molecule has 25 heavy (non-hydrogen) atoms. The highest BCUT2D eigenvalue weighted by Crippen LogP contribution is 2.20. The van der Waals surface area contributed by atoms with Crippen LogP contribution in [0.2, 0.25) is 0 Å². The third kappa shape index (κ3) is 4.42. The van der Waals surface area contributed by atoms with Crippen LogP contribution in [0.15, 0.2) is 34.7 Å². The minimum atomic E-state index is -0.168. The predicted molar refractivity (Wildman–Crippen MR) is 96.9 cm³/mol. The third-order valence-electron chi connectivity index (χ3n) is 4.66. The molecule has 0 bridgehead atoms. The lowest BCUT2D eigenvalue weighted by molar-refractivity contribution is 0.0887. The molecule has 1 aliphatic heterocycles. The minimum Gasteiger partial charge on any atom is -0.485 e. The number of benzene rings is 1. The summed E-state index contributed by atoms with van der Waals surface area (Å²) in [6.45, 7) is 7.47. The molecular weight excluding hydrogens is 316 g/mol. The van der Waals surface area contributed by atoms with E-state index in [4.69, 9.17) is 9.15 Å². The van der Waals surface area contributed by atoms with Crippen molar-refractivity contribution < 1.29 is 13.9 Å². The van der Waals surface area contributed by atoms with Crippen LogP contribution in [0.1, 0.15) is 47.2 Å². The Balaban J connectivity index is 1.57. The van der Waals surface area contributed by atoms with Crippen molar-refractivity contribution in [1.29, 1.82) is 0 Å². The Morgan fingerprint density at radius 3 is 2.92 bits per heavy atom. The molecule has 1 amide bonds. The van der Waals surface area contributed by atoms with Gasteiger partial charge in [0.05, 0.1) is 0 Å². The van der Waals surface area contributed by atoms with E-state index < -0.39 is 0 Å². The van der Waals surface area contributed by atoms with Crippen molar-refractivity contribution in [2.75, 3.05) is 6.54 Å². The van der Waals surface area contributed by atoms with Gasteiger partial charge in [0.15, 0.2) is 5.76 Å². The molecule has 2 unspecified atom stereocenters. The van der Waals surface area contributed by atoms with Crippen LogP contribution in [0.25, 0.3) is 0 Å². The maximum atomic E-state index is 12.4. The topological polar surface area (TPSA) is 63.5 Å². The first kappa shape index (κ1) is 17.5. The number of piperidine rings is 1. The normalized spacial score (nSPS) is 20.3. The smallest absolute Gasteiger partial charge is 0.287 e. The first-order valence-corrected chi connectivity index (χ1v) is 8.86. The molecule has 5 nitrogen and oxygen atoms in total. The molecule has 1 saturated heterocycles. The van der Waals surface area contributed by atoms with Crippen LogP contribution >= 0.6 is 0 Å². The Bertz CT molecular complexity index is 738. The Morgan fingerprint density at radius 2 is 2.16 bits per heavy atom. The summed E-state index contributed by atoms with van der Waals surface area (Å²) < 4.78 is 11.5. The van der Waals surface area contributed by atoms with Crippen LogP contribution in [0.5, 0.6) is 5.75 Å². The fourth-order valence-corrected chi connectivity index (χ4v) is 3.17. The van der Waals surface area contributed by atoms with Gasteiger partial charge in [-0.25, -0.2) is 0 Å². The summed E-state index contributed by atoms with van der Waals surface area (Å²) in [6, 6.07) is 9.97. The van der Waals surface area contributed by atoms with Crippen molar-refractivity contribution in [1.82, 2.24) is 10.6 Å². The van der Waals surface area contributed by atoms with Gasteiger partial charge in [0.2, 0.25) is 0 Å². The van der Waals surface area contributed by atoms with Crippen molar-refractivity contribution in [2.24, 2.45) is 0 Å². The van der Waals surface area contributed by atoms with Gasteiger partial charge in [0.1, 0.15) is 18.1 Å². The number of carbonyl (C=O) groups excluding carboxylic acids is 1. The molecule has 2 heterocycles. The Morgan fingerprint density at radius 1 is 1.32 bits per heavy atom. The average molecular weight is 342 g/mol. The van der Waals surface area contributed by atoms with E-state index in [2.05, 4.69) is 30.5 Å². The number of nitrogens with one attached hydrogen (secondary N) is 2. The quantitative estimate of drug-likeness (QED) is 0.875. The van der Waals surface area contributed by atoms with E-state index in [0.29, 0.717) is 18.1 Å². The molecule has 3 rings (SSSR count). The molecule has 5 heteroatoms. The molecule has 1 aromatic carbocycles. The van der Waals surface area contributed by atoms with Crippen LogP contribution in [-0.4, -0.2) is 24.5 Å². The first-order valence-electron chi connectivity index (χ1n) is 8.86. The number of rotatable bonds is 5. The van der Waals surface area contributed by atoms with Gasteiger partial charge >= 0.3 is 0 Å². The molecule has 0 aliphatic carbocycles. The lowest BCUT2D eigenvalue weighted by atomic mass is 10.00. The van der Waals surface area contributed by atoms with Crippen LogP contribution in [0.3, 0.4) is 0 Å². The molecule has 0 saturated carbocycles. The van der Waals surface area contributed by atoms with E-state index in [1.807, 2.05) is 19.1 Å². The van der Waals surface area contributed by atoms with E-state index >= 15 is 0 Å². The van der Waals surface area contributed by atoms with Gasteiger partial charge in [-0.15, -0.1) is 0 Å². The average Bonchev–Trinajstić information content (AvgIpc) is 3.05. The molecular formula is C20H26N2O3. The number of furan rings is 1. The van der Waals surface area contributed by atoms with E-state index in [1.54, 1.807) is 12.1 Å². The Labute approximate surface area is 148 Å². The fourth-order valence-electron chi connectivity index (χ4n) is 3.17. The Kier molecular flexibility index (Phi) is 5.43. The van der Waals surface area contributed by atoms with Gasteiger partial charge < -0.3 is 19.8 Å². The maximum Gasteiger partial charge on any atom is 0.287 e. The Hall–Kier alpha value is -2.27. The van der Waals surface area contributed by atoms with Gasteiger partial charge in [-0.1, -0.05) is 17.7 Å². The molecule has 0 radical (unpaired) electrons. The number of hydrogen-bond acceptors (Lipinski definition) is 4. The summed E-state index contributed by atoms with van der Waals surface area (Å²) in [6.07, 6.45) is 2.06. The minimum absolute atomic E-state index is 0.140. The summed E-state index contributed by atoms with van der Waals surface area (Å²) in [5.74, 6) is 1.63. The molecule has 134 valence electrons. The van der Waals surface area contributed by atoms with Crippen LogP contribution < -0.4 is 15.4 Å². The molecule has 2 N–H and O–H groups in total. The van der Waals surface area contributed by atoms with Gasteiger partial charge in [0, 0.05) is 12.1 Å². The van der Waals surface area contributed by atoms with Crippen LogP contribution in [0, 0.1) is 13.8 Å². The van der Waals surface area contributed by atoms with Crippen molar-refractivity contribution in [3.05, 3.63) is 53.0 Å². The van der Waals surface area contributed by atoms with Gasteiger partial charge in [0.25, 0.3) is 5.91 Å². The number of amides is 1. The SMILES string of the molecule is Cc1ccc(OCc2ccc(C(=O)NC3CCCNC3C)o2)c(C)c1. The van der Waals surface area contributed by atoms with Crippen LogP contribution in [-0.2, 0) is 6.61 Å². The van der Waals surface area contributed by atoms with Crippen molar-refractivity contribution in [3.8, 4) is 5.75 Å². The van der Waals surface area contributed by atoms with E-state index in [9.17, 15) is 4.79 Å². The van der Waals surface area contributed by atoms with Crippen molar-refractivity contribution in [3.63, 3.8) is 0 Å². The fraction of sp³-hybridized carbons (Fsp3) is 0.450. The first-order chi connectivity index (χ1) is 12.0. The van der Waals surface area contributed by atoms with Crippen molar-refractivity contribution >= 4 is 5.91 Å².